The van der Waals surface area contributed by atoms with E-state index in [4.69, 9.17) is 10.5 Å². The van der Waals surface area contributed by atoms with Crippen LogP contribution in [0.5, 0.6) is 5.88 Å². The number of hydrogen-bond acceptors (Lipinski definition) is 4. The van der Waals surface area contributed by atoms with Crippen LogP contribution in [0.4, 0.5) is 5.82 Å². The number of nitrogens with zero attached hydrogens (tertiary/aromatic N) is 2. The van der Waals surface area contributed by atoms with Crippen molar-refractivity contribution < 1.29 is 4.74 Å². The van der Waals surface area contributed by atoms with Crippen molar-refractivity contribution in [1.82, 2.24) is 9.97 Å². The van der Waals surface area contributed by atoms with Crippen LogP contribution in [-0.4, -0.2) is 16.1 Å². The molecule has 1 aliphatic rings. The zero-order valence-corrected chi connectivity index (χ0v) is 9.99. The lowest BCUT2D eigenvalue weighted by Crippen LogP contribution is -2.15. The SMILES string of the molecule is CCc1nc(N)c(C)c(OC2CCCC2)n1. The van der Waals surface area contributed by atoms with Gasteiger partial charge in [-0.25, -0.2) is 4.98 Å². The number of ether oxygens (including phenoxy) is 1. The Kier molecular flexibility index (Phi) is 3.27. The molecule has 1 heterocycles. The molecule has 1 aliphatic carbocycles. The Morgan fingerprint density at radius 2 is 2.00 bits per heavy atom. The molecular formula is C12H19N3O. The Morgan fingerprint density at radius 1 is 1.31 bits per heavy atom. The summed E-state index contributed by atoms with van der Waals surface area (Å²) >= 11 is 0. The highest BCUT2D eigenvalue weighted by Gasteiger charge is 2.19. The average molecular weight is 221 g/mol. The van der Waals surface area contributed by atoms with Crippen LogP contribution < -0.4 is 10.5 Å². The topological polar surface area (TPSA) is 61.0 Å². The highest BCUT2D eigenvalue weighted by atomic mass is 16.5. The fourth-order valence-corrected chi connectivity index (χ4v) is 2.00. The molecule has 1 fully saturated rings. The molecule has 1 aromatic heterocycles. The Labute approximate surface area is 96.2 Å². The zero-order chi connectivity index (χ0) is 11.5. The van der Waals surface area contributed by atoms with E-state index < -0.39 is 0 Å². The van der Waals surface area contributed by atoms with Gasteiger partial charge in [-0.05, 0) is 32.6 Å². The first kappa shape index (κ1) is 11.2. The predicted octanol–water partition coefficient (Wildman–Crippen LogP) is 2.25. The molecule has 0 bridgehead atoms. The van der Waals surface area contributed by atoms with E-state index in [2.05, 4.69) is 9.97 Å². The minimum atomic E-state index is 0.317. The van der Waals surface area contributed by atoms with Crippen LogP contribution in [0.25, 0.3) is 0 Å². The molecule has 0 aliphatic heterocycles. The van der Waals surface area contributed by atoms with Gasteiger partial charge in [0.2, 0.25) is 5.88 Å². The smallest absolute Gasteiger partial charge is 0.222 e. The molecule has 0 atom stereocenters. The Morgan fingerprint density at radius 3 is 2.62 bits per heavy atom. The molecule has 0 amide bonds. The van der Waals surface area contributed by atoms with Gasteiger partial charge in [0.15, 0.2) is 0 Å². The number of anilines is 1. The summed E-state index contributed by atoms with van der Waals surface area (Å²) in [5, 5.41) is 0. The summed E-state index contributed by atoms with van der Waals surface area (Å²) in [5.74, 6) is 1.98. The number of hydrogen-bond donors (Lipinski definition) is 1. The lowest BCUT2D eigenvalue weighted by molar-refractivity contribution is 0.199. The fourth-order valence-electron chi connectivity index (χ4n) is 2.00. The number of nitrogens with two attached hydrogens (primary N) is 1. The van der Waals surface area contributed by atoms with E-state index >= 15 is 0 Å². The summed E-state index contributed by atoms with van der Waals surface area (Å²) in [6.45, 7) is 3.93. The van der Waals surface area contributed by atoms with Crippen LogP contribution >= 0.6 is 0 Å². The molecule has 0 radical (unpaired) electrons. The standard InChI is InChI=1S/C12H19N3O/c1-3-10-14-11(13)8(2)12(15-10)16-9-6-4-5-7-9/h9H,3-7H2,1-2H3,(H2,13,14,15). The Balaban J connectivity index is 2.20. The molecule has 0 spiro atoms. The normalized spacial score (nSPS) is 16.6. The molecule has 0 unspecified atom stereocenters. The van der Waals surface area contributed by atoms with Gasteiger partial charge in [0.05, 0.1) is 5.56 Å². The van der Waals surface area contributed by atoms with Crippen LogP contribution in [0.15, 0.2) is 0 Å². The molecule has 1 aromatic rings. The number of rotatable bonds is 3. The largest absolute Gasteiger partial charge is 0.474 e. The third-order valence-electron chi connectivity index (χ3n) is 3.08. The second-order valence-electron chi connectivity index (χ2n) is 4.33. The summed E-state index contributed by atoms with van der Waals surface area (Å²) in [5.41, 5.74) is 6.71. The van der Waals surface area contributed by atoms with Crippen molar-refractivity contribution in [2.45, 2.75) is 52.1 Å². The maximum Gasteiger partial charge on any atom is 0.222 e. The first-order valence-corrected chi connectivity index (χ1v) is 6.00. The van der Waals surface area contributed by atoms with Crippen LogP contribution in [0.2, 0.25) is 0 Å². The third-order valence-corrected chi connectivity index (χ3v) is 3.08. The van der Waals surface area contributed by atoms with E-state index in [1.165, 1.54) is 12.8 Å². The highest BCUT2D eigenvalue weighted by Crippen LogP contribution is 2.26. The maximum absolute atomic E-state index is 5.90. The minimum absolute atomic E-state index is 0.317. The van der Waals surface area contributed by atoms with Crippen molar-refractivity contribution in [2.75, 3.05) is 5.73 Å². The van der Waals surface area contributed by atoms with Gasteiger partial charge in [0.1, 0.15) is 17.7 Å². The molecule has 2 N–H and O–H groups in total. The van der Waals surface area contributed by atoms with E-state index in [0.717, 1.165) is 30.7 Å². The van der Waals surface area contributed by atoms with Crippen LogP contribution in [0.1, 0.15) is 44.0 Å². The lowest BCUT2D eigenvalue weighted by Gasteiger charge is -2.15. The van der Waals surface area contributed by atoms with E-state index in [-0.39, 0.29) is 0 Å². The molecule has 16 heavy (non-hydrogen) atoms. The van der Waals surface area contributed by atoms with Crippen LogP contribution in [-0.2, 0) is 6.42 Å². The second-order valence-corrected chi connectivity index (χ2v) is 4.33. The summed E-state index contributed by atoms with van der Waals surface area (Å²) < 4.78 is 5.90. The van der Waals surface area contributed by atoms with Gasteiger partial charge < -0.3 is 10.5 Å². The van der Waals surface area contributed by atoms with Gasteiger partial charge in [-0.2, -0.15) is 4.98 Å². The monoisotopic (exact) mass is 221 g/mol. The van der Waals surface area contributed by atoms with Gasteiger partial charge in [-0.1, -0.05) is 6.92 Å². The fraction of sp³-hybridized carbons (Fsp3) is 0.667. The first-order chi connectivity index (χ1) is 7.70. The molecule has 4 nitrogen and oxygen atoms in total. The Bertz CT molecular complexity index is 373. The first-order valence-electron chi connectivity index (χ1n) is 6.00. The lowest BCUT2D eigenvalue weighted by atomic mass is 10.3. The zero-order valence-electron chi connectivity index (χ0n) is 9.99. The molecular weight excluding hydrogens is 202 g/mol. The maximum atomic E-state index is 5.90. The molecule has 2 rings (SSSR count). The average Bonchev–Trinajstić information content (AvgIpc) is 2.77. The summed E-state index contributed by atoms with van der Waals surface area (Å²) in [6.07, 6.45) is 5.87. The summed E-state index contributed by atoms with van der Waals surface area (Å²) in [6, 6.07) is 0. The summed E-state index contributed by atoms with van der Waals surface area (Å²) in [4.78, 5) is 8.61. The van der Waals surface area contributed by atoms with Crippen molar-refractivity contribution in [3.63, 3.8) is 0 Å². The van der Waals surface area contributed by atoms with Gasteiger partial charge >= 0.3 is 0 Å². The van der Waals surface area contributed by atoms with Crippen molar-refractivity contribution in [1.29, 1.82) is 0 Å². The molecule has 4 heteroatoms. The predicted molar refractivity (Wildman–Crippen MR) is 63.4 cm³/mol. The van der Waals surface area contributed by atoms with E-state index in [9.17, 15) is 0 Å². The van der Waals surface area contributed by atoms with Crippen molar-refractivity contribution >= 4 is 5.82 Å². The molecule has 0 aromatic carbocycles. The highest BCUT2D eigenvalue weighted by molar-refractivity contribution is 5.44. The number of nitrogen functional groups attached to an aromatic ring is 1. The summed E-state index contributed by atoms with van der Waals surface area (Å²) in [7, 11) is 0. The minimum Gasteiger partial charge on any atom is -0.474 e. The third kappa shape index (κ3) is 2.26. The number of aromatic nitrogens is 2. The van der Waals surface area contributed by atoms with E-state index in [1.807, 2.05) is 13.8 Å². The van der Waals surface area contributed by atoms with Gasteiger partial charge in [-0.3, -0.25) is 0 Å². The van der Waals surface area contributed by atoms with Crippen LogP contribution in [0.3, 0.4) is 0 Å². The van der Waals surface area contributed by atoms with Gasteiger partial charge in [-0.15, -0.1) is 0 Å². The Hall–Kier alpha value is -1.32. The molecule has 1 saturated carbocycles. The number of aryl methyl sites for hydroxylation is 1. The van der Waals surface area contributed by atoms with Crippen molar-refractivity contribution in [2.24, 2.45) is 0 Å². The quantitative estimate of drug-likeness (QED) is 0.850. The van der Waals surface area contributed by atoms with Gasteiger partial charge in [0, 0.05) is 6.42 Å². The molecule has 88 valence electrons. The molecule has 0 saturated heterocycles. The van der Waals surface area contributed by atoms with Crippen molar-refractivity contribution in [3.8, 4) is 5.88 Å². The van der Waals surface area contributed by atoms with E-state index in [1.54, 1.807) is 0 Å². The van der Waals surface area contributed by atoms with E-state index in [0.29, 0.717) is 17.8 Å². The van der Waals surface area contributed by atoms with Crippen LogP contribution in [0, 0.1) is 6.92 Å². The second kappa shape index (κ2) is 4.68. The van der Waals surface area contributed by atoms with Gasteiger partial charge in [0.25, 0.3) is 0 Å². The van der Waals surface area contributed by atoms with Crippen molar-refractivity contribution in [3.05, 3.63) is 11.4 Å².